The van der Waals surface area contributed by atoms with Crippen LogP contribution in [0.3, 0.4) is 0 Å². The second-order valence-electron chi connectivity index (χ2n) is 5.90. The first-order valence-corrected chi connectivity index (χ1v) is 7.22. The van der Waals surface area contributed by atoms with Crippen molar-refractivity contribution >= 4 is 15.9 Å². The number of benzene rings is 1. The first-order chi connectivity index (χ1) is 8.38. The fourth-order valence-corrected chi connectivity index (χ4v) is 3.24. The van der Waals surface area contributed by atoms with Crippen molar-refractivity contribution < 1.29 is 9.84 Å². The first kappa shape index (κ1) is 13.9. The van der Waals surface area contributed by atoms with Crippen LogP contribution in [0.5, 0.6) is 5.75 Å². The molecule has 18 heavy (non-hydrogen) atoms. The van der Waals surface area contributed by atoms with E-state index in [4.69, 9.17) is 4.74 Å². The minimum absolute atomic E-state index is 0.0183. The lowest BCUT2D eigenvalue weighted by atomic mass is 9.74. The van der Waals surface area contributed by atoms with E-state index in [0.29, 0.717) is 6.42 Å². The first-order valence-electron chi connectivity index (χ1n) is 6.43. The molecule has 0 heterocycles. The van der Waals surface area contributed by atoms with Gasteiger partial charge in [-0.05, 0) is 48.4 Å². The molecule has 1 N–H and O–H groups in total. The highest BCUT2D eigenvalue weighted by Gasteiger charge is 2.47. The molecule has 1 aliphatic rings. The minimum atomic E-state index is -0.609. The van der Waals surface area contributed by atoms with Crippen LogP contribution in [0.2, 0.25) is 0 Å². The lowest BCUT2D eigenvalue weighted by Crippen LogP contribution is -2.41. The molecule has 1 aromatic carbocycles. The van der Waals surface area contributed by atoms with E-state index in [9.17, 15) is 5.11 Å². The fourth-order valence-electron chi connectivity index (χ4n) is 2.85. The summed E-state index contributed by atoms with van der Waals surface area (Å²) in [5.41, 5.74) is 0.490. The number of hydrogen-bond acceptors (Lipinski definition) is 2. The van der Waals surface area contributed by atoms with Crippen molar-refractivity contribution in [2.24, 2.45) is 5.41 Å². The van der Waals surface area contributed by atoms with Crippen molar-refractivity contribution in [2.75, 3.05) is 7.11 Å². The number of aliphatic hydroxyl groups is 1. The zero-order valence-corrected chi connectivity index (χ0v) is 12.9. The summed E-state index contributed by atoms with van der Waals surface area (Å²) in [6, 6.07) is 5.92. The van der Waals surface area contributed by atoms with Gasteiger partial charge in [-0.25, -0.2) is 0 Å². The van der Waals surface area contributed by atoms with E-state index in [2.05, 4.69) is 29.8 Å². The van der Waals surface area contributed by atoms with Gasteiger partial charge in [-0.1, -0.05) is 29.8 Å². The van der Waals surface area contributed by atoms with Gasteiger partial charge >= 0.3 is 0 Å². The Labute approximate surface area is 117 Å². The molecule has 0 aliphatic heterocycles. The second kappa shape index (κ2) is 4.86. The Bertz CT molecular complexity index is 442. The van der Waals surface area contributed by atoms with E-state index in [1.807, 2.05) is 18.2 Å². The lowest BCUT2D eigenvalue weighted by Gasteiger charge is -2.37. The summed E-state index contributed by atoms with van der Waals surface area (Å²) in [5.74, 6) is 0.840. The van der Waals surface area contributed by atoms with Crippen molar-refractivity contribution in [3.05, 3.63) is 28.2 Å². The van der Waals surface area contributed by atoms with Gasteiger partial charge in [0, 0.05) is 10.9 Å². The molecule has 1 fully saturated rings. The summed E-state index contributed by atoms with van der Waals surface area (Å²) >= 11 is 3.56. The summed E-state index contributed by atoms with van der Waals surface area (Å²) in [7, 11) is 1.67. The Morgan fingerprint density at radius 1 is 1.33 bits per heavy atom. The standard InChI is InChI=1S/C15H21BrO2/c1-14(2)7-4-8-15(14,17)10-11-9-12(18-3)5-6-13(11)16/h5-6,9,17H,4,7-8,10H2,1-3H3. The fraction of sp³-hybridized carbons (Fsp3) is 0.600. The van der Waals surface area contributed by atoms with Crippen LogP contribution in [0.25, 0.3) is 0 Å². The summed E-state index contributed by atoms with van der Waals surface area (Å²) < 4.78 is 6.30. The van der Waals surface area contributed by atoms with Crippen molar-refractivity contribution in [1.82, 2.24) is 0 Å². The number of rotatable bonds is 3. The molecule has 100 valence electrons. The zero-order valence-electron chi connectivity index (χ0n) is 11.3. The van der Waals surface area contributed by atoms with Crippen LogP contribution in [-0.4, -0.2) is 17.8 Å². The lowest BCUT2D eigenvalue weighted by molar-refractivity contribution is -0.0420. The number of ether oxygens (including phenoxy) is 1. The maximum atomic E-state index is 10.9. The van der Waals surface area contributed by atoms with E-state index in [0.717, 1.165) is 35.0 Å². The summed E-state index contributed by atoms with van der Waals surface area (Å²) in [4.78, 5) is 0. The molecule has 0 saturated heterocycles. The number of methoxy groups -OCH3 is 1. The molecule has 0 radical (unpaired) electrons. The highest BCUT2D eigenvalue weighted by Crippen LogP contribution is 2.48. The molecule has 1 aromatic rings. The van der Waals surface area contributed by atoms with Gasteiger partial charge in [-0.2, -0.15) is 0 Å². The van der Waals surface area contributed by atoms with Crippen LogP contribution in [0.4, 0.5) is 0 Å². The Kier molecular flexibility index (Phi) is 3.75. The largest absolute Gasteiger partial charge is 0.497 e. The van der Waals surface area contributed by atoms with Crippen LogP contribution in [-0.2, 0) is 6.42 Å². The van der Waals surface area contributed by atoms with Gasteiger partial charge in [0.2, 0.25) is 0 Å². The Morgan fingerprint density at radius 3 is 2.61 bits per heavy atom. The predicted octanol–water partition coefficient (Wildman–Crippen LogP) is 3.94. The maximum absolute atomic E-state index is 10.9. The van der Waals surface area contributed by atoms with E-state index in [-0.39, 0.29) is 5.41 Å². The third-order valence-electron chi connectivity index (χ3n) is 4.39. The molecule has 0 amide bonds. The molecular formula is C15H21BrO2. The Morgan fingerprint density at radius 2 is 2.06 bits per heavy atom. The van der Waals surface area contributed by atoms with Crippen LogP contribution in [0.15, 0.2) is 22.7 Å². The highest BCUT2D eigenvalue weighted by atomic mass is 79.9. The molecule has 1 unspecified atom stereocenters. The van der Waals surface area contributed by atoms with Crippen LogP contribution >= 0.6 is 15.9 Å². The molecule has 2 rings (SSSR count). The molecule has 0 spiro atoms. The van der Waals surface area contributed by atoms with Crippen LogP contribution in [0.1, 0.15) is 38.7 Å². The minimum Gasteiger partial charge on any atom is -0.497 e. The molecule has 1 saturated carbocycles. The summed E-state index contributed by atoms with van der Waals surface area (Å²) in [6.07, 6.45) is 3.75. The molecule has 1 atom stereocenters. The SMILES string of the molecule is COc1ccc(Br)c(CC2(O)CCCC2(C)C)c1. The van der Waals surface area contributed by atoms with Crippen molar-refractivity contribution in [3.8, 4) is 5.75 Å². The predicted molar refractivity (Wildman–Crippen MR) is 77.0 cm³/mol. The summed E-state index contributed by atoms with van der Waals surface area (Å²) in [6.45, 7) is 4.32. The van der Waals surface area contributed by atoms with Gasteiger partial charge in [-0.15, -0.1) is 0 Å². The van der Waals surface area contributed by atoms with Gasteiger partial charge in [-0.3, -0.25) is 0 Å². The van der Waals surface area contributed by atoms with E-state index in [1.54, 1.807) is 7.11 Å². The molecule has 2 nitrogen and oxygen atoms in total. The third kappa shape index (κ3) is 2.43. The van der Waals surface area contributed by atoms with E-state index >= 15 is 0 Å². The Balaban J connectivity index is 2.28. The average Bonchev–Trinajstić information content (AvgIpc) is 2.56. The van der Waals surface area contributed by atoms with Gasteiger partial charge in [0.05, 0.1) is 12.7 Å². The van der Waals surface area contributed by atoms with Gasteiger partial charge in [0.25, 0.3) is 0 Å². The molecule has 1 aliphatic carbocycles. The van der Waals surface area contributed by atoms with Crippen molar-refractivity contribution in [2.45, 2.75) is 45.1 Å². The topological polar surface area (TPSA) is 29.5 Å². The molecular weight excluding hydrogens is 292 g/mol. The molecule has 0 bridgehead atoms. The summed E-state index contributed by atoms with van der Waals surface area (Å²) in [5, 5.41) is 10.9. The van der Waals surface area contributed by atoms with Crippen LogP contribution < -0.4 is 4.74 Å². The van der Waals surface area contributed by atoms with Crippen molar-refractivity contribution in [1.29, 1.82) is 0 Å². The van der Waals surface area contributed by atoms with E-state index < -0.39 is 5.60 Å². The van der Waals surface area contributed by atoms with Gasteiger partial charge in [0.15, 0.2) is 0 Å². The Hall–Kier alpha value is -0.540. The zero-order chi connectivity index (χ0) is 13.4. The second-order valence-corrected chi connectivity index (χ2v) is 6.76. The smallest absolute Gasteiger partial charge is 0.119 e. The molecule has 0 aromatic heterocycles. The number of halogens is 1. The normalized spacial score (nSPS) is 26.3. The maximum Gasteiger partial charge on any atom is 0.119 e. The van der Waals surface area contributed by atoms with Crippen LogP contribution in [0, 0.1) is 5.41 Å². The highest BCUT2D eigenvalue weighted by molar-refractivity contribution is 9.10. The van der Waals surface area contributed by atoms with E-state index in [1.165, 1.54) is 0 Å². The monoisotopic (exact) mass is 312 g/mol. The van der Waals surface area contributed by atoms with Crippen molar-refractivity contribution in [3.63, 3.8) is 0 Å². The number of hydrogen-bond donors (Lipinski definition) is 1. The third-order valence-corrected chi connectivity index (χ3v) is 5.16. The average molecular weight is 313 g/mol. The molecule has 3 heteroatoms. The van der Waals surface area contributed by atoms with Gasteiger partial charge < -0.3 is 9.84 Å². The quantitative estimate of drug-likeness (QED) is 0.916. The van der Waals surface area contributed by atoms with Gasteiger partial charge in [0.1, 0.15) is 5.75 Å².